The maximum Gasteiger partial charge on any atom is 0.331 e. The number of ether oxygens (including phenoxy) is 1. The number of benzene rings is 1. The molecule has 0 atom stereocenters. The van der Waals surface area contributed by atoms with Gasteiger partial charge in [0, 0.05) is 5.57 Å². The molecule has 0 saturated carbocycles. The summed E-state index contributed by atoms with van der Waals surface area (Å²) in [6.07, 6.45) is 1.89. The molecule has 1 rings (SSSR count). The standard InChI is InChI=1S/C13H15NO4/c1-2-9(13(16)17)7-8-18-11-6-4-3-5-10(11)12(14)15/h3-7H,2,8H2,1H3,(H2,14,15)(H,16,17)/b9-7-. The normalized spacial score (nSPS) is 11.1. The molecule has 0 radical (unpaired) electrons. The van der Waals surface area contributed by atoms with Crippen LogP contribution in [-0.2, 0) is 4.79 Å². The second kappa shape index (κ2) is 6.44. The van der Waals surface area contributed by atoms with Crippen LogP contribution >= 0.6 is 0 Å². The zero-order valence-corrected chi connectivity index (χ0v) is 10.1. The van der Waals surface area contributed by atoms with E-state index in [1.807, 2.05) is 0 Å². The Kier molecular flexibility index (Phi) is 4.92. The molecule has 1 aromatic carbocycles. The van der Waals surface area contributed by atoms with Gasteiger partial charge in [-0.1, -0.05) is 19.1 Å². The van der Waals surface area contributed by atoms with Crippen LogP contribution in [0.5, 0.6) is 5.75 Å². The van der Waals surface area contributed by atoms with Crippen molar-refractivity contribution in [3.8, 4) is 5.75 Å². The van der Waals surface area contributed by atoms with E-state index in [-0.39, 0.29) is 17.7 Å². The second-order valence-electron chi connectivity index (χ2n) is 3.56. The number of rotatable bonds is 6. The Bertz CT molecular complexity index is 480. The number of hydrogen-bond acceptors (Lipinski definition) is 3. The van der Waals surface area contributed by atoms with Crippen molar-refractivity contribution in [1.29, 1.82) is 0 Å². The molecule has 0 aromatic heterocycles. The molecule has 0 unspecified atom stereocenters. The highest BCUT2D eigenvalue weighted by Crippen LogP contribution is 2.17. The molecule has 0 fully saturated rings. The number of carbonyl (C=O) groups is 2. The van der Waals surface area contributed by atoms with Gasteiger partial charge in [0.05, 0.1) is 5.56 Å². The van der Waals surface area contributed by atoms with E-state index < -0.39 is 11.9 Å². The van der Waals surface area contributed by atoms with Gasteiger partial charge in [-0.3, -0.25) is 4.79 Å². The van der Waals surface area contributed by atoms with Gasteiger partial charge < -0.3 is 15.6 Å². The van der Waals surface area contributed by atoms with Crippen molar-refractivity contribution in [2.45, 2.75) is 13.3 Å². The van der Waals surface area contributed by atoms with Crippen LogP contribution in [-0.4, -0.2) is 23.6 Å². The predicted molar refractivity (Wildman–Crippen MR) is 66.5 cm³/mol. The summed E-state index contributed by atoms with van der Waals surface area (Å²) in [6.45, 7) is 1.83. The third-order valence-electron chi connectivity index (χ3n) is 2.38. The highest BCUT2D eigenvalue weighted by Gasteiger charge is 2.08. The Morgan fingerprint density at radius 2 is 2.06 bits per heavy atom. The van der Waals surface area contributed by atoms with Crippen LogP contribution in [0.25, 0.3) is 0 Å². The van der Waals surface area contributed by atoms with Gasteiger partial charge in [0.15, 0.2) is 0 Å². The maximum absolute atomic E-state index is 11.1. The molecule has 0 aliphatic rings. The first-order valence-electron chi connectivity index (χ1n) is 5.50. The van der Waals surface area contributed by atoms with Gasteiger partial charge in [0.2, 0.25) is 0 Å². The van der Waals surface area contributed by atoms with E-state index >= 15 is 0 Å². The summed E-state index contributed by atoms with van der Waals surface area (Å²) in [4.78, 5) is 21.9. The minimum atomic E-state index is -0.968. The SMILES string of the molecule is CC/C(=C/COc1ccccc1C(N)=O)C(=O)O. The van der Waals surface area contributed by atoms with E-state index in [1.54, 1.807) is 31.2 Å². The molecule has 0 aliphatic carbocycles. The summed E-state index contributed by atoms with van der Waals surface area (Å²) < 4.78 is 5.34. The monoisotopic (exact) mass is 249 g/mol. The van der Waals surface area contributed by atoms with Gasteiger partial charge in [0.1, 0.15) is 12.4 Å². The van der Waals surface area contributed by atoms with Crippen molar-refractivity contribution in [2.75, 3.05) is 6.61 Å². The van der Waals surface area contributed by atoms with Crippen LogP contribution in [0.1, 0.15) is 23.7 Å². The lowest BCUT2D eigenvalue weighted by Gasteiger charge is -2.07. The van der Waals surface area contributed by atoms with Crippen LogP contribution in [0.4, 0.5) is 0 Å². The maximum atomic E-state index is 11.1. The topological polar surface area (TPSA) is 89.6 Å². The molecule has 0 spiro atoms. The summed E-state index contributed by atoms with van der Waals surface area (Å²) in [5.74, 6) is -1.20. The minimum absolute atomic E-state index is 0.0831. The Hall–Kier alpha value is -2.30. The Morgan fingerprint density at radius 1 is 1.39 bits per heavy atom. The van der Waals surface area contributed by atoms with Gasteiger partial charge in [-0.25, -0.2) is 4.79 Å². The lowest BCUT2D eigenvalue weighted by molar-refractivity contribution is -0.132. The first kappa shape index (κ1) is 13.8. The molecule has 0 aliphatic heterocycles. The predicted octanol–water partition coefficient (Wildman–Crippen LogP) is 1.59. The number of carboxylic acids is 1. The lowest BCUT2D eigenvalue weighted by Crippen LogP contribution is -2.13. The number of amides is 1. The number of hydrogen-bond donors (Lipinski definition) is 2. The summed E-state index contributed by atoms with van der Waals surface area (Å²) in [7, 11) is 0. The molecule has 96 valence electrons. The van der Waals surface area contributed by atoms with Crippen LogP contribution < -0.4 is 10.5 Å². The first-order valence-corrected chi connectivity index (χ1v) is 5.50. The molecule has 18 heavy (non-hydrogen) atoms. The van der Waals surface area contributed by atoms with Crippen LogP contribution in [0.2, 0.25) is 0 Å². The molecular weight excluding hydrogens is 234 g/mol. The summed E-state index contributed by atoms with van der Waals surface area (Å²) >= 11 is 0. The molecule has 5 heteroatoms. The van der Waals surface area contributed by atoms with Crippen LogP contribution in [0.15, 0.2) is 35.9 Å². The molecule has 0 heterocycles. The van der Waals surface area contributed by atoms with Gasteiger partial charge >= 0.3 is 5.97 Å². The zero-order chi connectivity index (χ0) is 13.5. The molecule has 3 N–H and O–H groups in total. The average Bonchev–Trinajstić information content (AvgIpc) is 2.34. The highest BCUT2D eigenvalue weighted by atomic mass is 16.5. The van der Waals surface area contributed by atoms with Crippen molar-refractivity contribution < 1.29 is 19.4 Å². The number of carboxylic acid groups (broad SMARTS) is 1. The zero-order valence-electron chi connectivity index (χ0n) is 10.1. The number of aliphatic carboxylic acids is 1. The molecule has 0 saturated heterocycles. The first-order chi connectivity index (χ1) is 8.56. The lowest BCUT2D eigenvalue weighted by atomic mass is 10.2. The van der Waals surface area contributed by atoms with Crippen molar-refractivity contribution >= 4 is 11.9 Å². The Balaban J connectivity index is 2.75. The third-order valence-corrected chi connectivity index (χ3v) is 2.38. The minimum Gasteiger partial charge on any atom is -0.489 e. The largest absolute Gasteiger partial charge is 0.489 e. The van der Waals surface area contributed by atoms with Crippen LogP contribution in [0.3, 0.4) is 0 Å². The van der Waals surface area contributed by atoms with Crippen molar-refractivity contribution in [1.82, 2.24) is 0 Å². The fraction of sp³-hybridized carbons (Fsp3) is 0.231. The number of carbonyl (C=O) groups excluding carboxylic acids is 1. The van der Waals surface area contributed by atoms with Gasteiger partial charge in [0.25, 0.3) is 5.91 Å². The Labute approximate surface area is 105 Å². The highest BCUT2D eigenvalue weighted by molar-refractivity contribution is 5.95. The second-order valence-corrected chi connectivity index (χ2v) is 3.56. The third kappa shape index (κ3) is 3.62. The smallest absolute Gasteiger partial charge is 0.331 e. The quantitative estimate of drug-likeness (QED) is 0.749. The number of primary amides is 1. The number of nitrogens with two attached hydrogens (primary N) is 1. The number of para-hydroxylation sites is 1. The van der Waals surface area contributed by atoms with Gasteiger partial charge in [-0.2, -0.15) is 0 Å². The fourth-order valence-electron chi connectivity index (χ4n) is 1.41. The van der Waals surface area contributed by atoms with Gasteiger partial charge in [-0.15, -0.1) is 0 Å². The van der Waals surface area contributed by atoms with Crippen molar-refractivity contribution in [3.63, 3.8) is 0 Å². The molecule has 0 bridgehead atoms. The van der Waals surface area contributed by atoms with E-state index in [0.717, 1.165) is 0 Å². The summed E-state index contributed by atoms with van der Waals surface area (Å²) in [5.41, 5.74) is 5.74. The molecule has 5 nitrogen and oxygen atoms in total. The van der Waals surface area contributed by atoms with E-state index in [9.17, 15) is 9.59 Å². The summed E-state index contributed by atoms with van der Waals surface area (Å²) in [5, 5.41) is 8.82. The Morgan fingerprint density at radius 3 is 2.61 bits per heavy atom. The average molecular weight is 249 g/mol. The van der Waals surface area contributed by atoms with E-state index in [1.165, 1.54) is 6.08 Å². The van der Waals surface area contributed by atoms with E-state index in [2.05, 4.69) is 0 Å². The molecule has 1 aromatic rings. The van der Waals surface area contributed by atoms with E-state index in [0.29, 0.717) is 12.2 Å². The molecule has 1 amide bonds. The van der Waals surface area contributed by atoms with Crippen molar-refractivity contribution in [3.05, 3.63) is 41.5 Å². The van der Waals surface area contributed by atoms with Crippen LogP contribution in [0, 0.1) is 0 Å². The van der Waals surface area contributed by atoms with Crippen molar-refractivity contribution in [2.24, 2.45) is 5.73 Å². The molecular formula is C13H15NO4. The summed E-state index contributed by atoms with van der Waals surface area (Å²) in [6, 6.07) is 6.56. The van der Waals surface area contributed by atoms with Gasteiger partial charge in [-0.05, 0) is 24.6 Å². The van der Waals surface area contributed by atoms with E-state index in [4.69, 9.17) is 15.6 Å². The fourth-order valence-corrected chi connectivity index (χ4v) is 1.41.